The maximum absolute atomic E-state index is 14.5. The molecule has 1 heterocycles. The van der Waals surface area contributed by atoms with E-state index in [4.69, 9.17) is 23.1 Å². The van der Waals surface area contributed by atoms with Crippen molar-refractivity contribution in [3.63, 3.8) is 0 Å². The molecule has 0 radical (unpaired) electrons. The van der Waals surface area contributed by atoms with E-state index >= 15 is 0 Å². The molecule has 6 rings (SSSR count). The summed E-state index contributed by atoms with van der Waals surface area (Å²) in [6, 6.07) is 28.1. The number of halogens is 1. The lowest BCUT2D eigenvalue weighted by Crippen LogP contribution is -2.56. The standard InChI is InChI=1S/C44H51ClN6O3S/c1-51-39(25-32-21-19-30-13-5-6-15-35(30)32)43(53)49-28-34-14-9-16-36(45)41(34)55-40-26-31(29-11-3-2-4-12-29)20-22-33(40)27-48-37(18-10-24-47)42(52)50-38(44(51)54)17-7-8-23-46/h2-6,9,11-16,20-22,26,37-39,48H,7-8,10,17-19,23-25,27-28,46-47H2,1H3,(H,49,53)(H,50,52)/t37-,38-,39-/m0/s1. The van der Waals surface area contributed by atoms with Gasteiger partial charge in [-0.2, -0.15) is 0 Å². The monoisotopic (exact) mass is 778 g/mol. The van der Waals surface area contributed by atoms with Crippen molar-refractivity contribution in [1.82, 2.24) is 20.9 Å². The topological polar surface area (TPSA) is 143 Å². The normalized spacial score (nSPS) is 19.4. The maximum atomic E-state index is 14.5. The van der Waals surface area contributed by atoms with Crippen LogP contribution < -0.4 is 27.4 Å². The second-order valence-electron chi connectivity index (χ2n) is 14.2. The fourth-order valence-corrected chi connectivity index (χ4v) is 8.71. The van der Waals surface area contributed by atoms with Crippen molar-refractivity contribution in [2.75, 3.05) is 20.1 Å². The SMILES string of the molecule is CN1C(=O)[C@H](CCCCN)NC(=O)[C@H](CCCN)NCc2ccc(-c3ccccc3)cc2Sc2c(Cl)cccc2CNC(=O)[C@@H]1CC1=CCc2ccccc21. The number of rotatable bonds is 10. The zero-order chi connectivity index (χ0) is 38.7. The van der Waals surface area contributed by atoms with Crippen LogP contribution in [0, 0.1) is 0 Å². The molecule has 9 nitrogen and oxygen atoms in total. The molecule has 0 spiro atoms. The molecule has 288 valence electrons. The lowest BCUT2D eigenvalue weighted by molar-refractivity contribution is -0.142. The van der Waals surface area contributed by atoms with Gasteiger partial charge in [-0.3, -0.25) is 14.4 Å². The average molecular weight is 779 g/mol. The van der Waals surface area contributed by atoms with Crippen molar-refractivity contribution in [3.05, 3.63) is 124 Å². The molecule has 55 heavy (non-hydrogen) atoms. The van der Waals surface area contributed by atoms with E-state index in [0.717, 1.165) is 49.6 Å². The van der Waals surface area contributed by atoms with E-state index in [0.29, 0.717) is 63.2 Å². The molecule has 0 unspecified atom stereocenters. The summed E-state index contributed by atoms with van der Waals surface area (Å²) in [6.45, 7) is 1.49. The summed E-state index contributed by atoms with van der Waals surface area (Å²) < 4.78 is 0. The molecule has 0 bridgehead atoms. The summed E-state index contributed by atoms with van der Waals surface area (Å²) in [5, 5.41) is 10.3. The minimum atomic E-state index is -0.849. The molecule has 0 saturated heterocycles. The highest BCUT2D eigenvalue weighted by atomic mass is 35.5. The van der Waals surface area contributed by atoms with Crippen molar-refractivity contribution in [3.8, 4) is 11.1 Å². The summed E-state index contributed by atoms with van der Waals surface area (Å²) in [5.41, 5.74) is 19.0. The first kappa shape index (κ1) is 40.2. The van der Waals surface area contributed by atoms with Crippen LogP contribution >= 0.6 is 23.4 Å². The van der Waals surface area contributed by atoms with Gasteiger partial charge in [-0.1, -0.05) is 108 Å². The largest absolute Gasteiger partial charge is 0.350 e. The van der Waals surface area contributed by atoms with Gasteiger partial charge in [0.25, 0.3) is 0 Å². The third kappa shape index (κ3) is 10.1. The number of fused-ring (bicyclic) bond motifs is 3. The number of unbranched alkanes of at least 4 members (excludes halogenated alkanes) is 1. The molecule has 1 aliphatic heterocycles. The van der Waals surface area contributed by atoms with Crippen LogP contribution in [0.5, 0.6) is 0 Å². The molecule has 11 heteroatoms. The summed E-state index contributed by atoms with van der Waals surface area (Å²) in [7, 11) is 1.66. The minimum absolute atomic E-state index is 0.208. The Labute approximate surface area is 333 Å². The smallest absolute Gasteiger partial charge is 0.245 e. The Bertz CT molecular complexity index is 2010. The van der Waals surface area contributed by atoms with Gasteiger partial charge in [0.2, 0.25) is 17.7 Å². The van der Waals surface area contributed by atoms with E-state index in [9.17, 15) is 14.4 Å². The van der Waals surface area contributed by atoms with Gasteiger partial charge in [0.1, 0.15) is 12.1 Å². The van der Waals surface area contributed by atoms with Crippen LogP contribution in [0.1, 0.15) is 60.8 Å². The van der Waals surface area contributed by atoms with Crippen molar-refractivity contribution in [2.45, 2.75) is 86.0 Å². The summed E-state index contributed by atoms with van der Waals surface area (Å²) >= 11 is 8.48. The Kier molecular flexibility index (Phi) is 14.2. The Hall–Kier alpha value is -4.45. The molecule has 2 aliphatic rings. The number of carbonyl (C=O) groups excluding carboxylic acids is 3. The lowest BCUT2D eigenvalue weighted by atomic mass is 9.97. The minimum Gasteiger partial charge on any atom is -0.350 e. The summed E-state index contributed by atoms with van der Waals surface area (Å²) in [4.78, 5) is 46.4. The number of nitrogens with zero attached hydrogens (tertiary/aromatic N) is 1. The van der Waals surface area contributed by atoms with Gasteiger partial charge in [0.05, 0.1) is 11.1 Å². The Morgan fingerprint density at radius 3 is 2.31 bits per heavy atom. The number of nitrogens with one attached hydrogen (secondary N) is 3. The summed E-state index contributed by atoms with van der Waals surface area (Å²) in [5.74, 6) is -0.895. The predicted molar refractivity (Wildman–Crippen MR) is 222 cm³/mol. The van der Waals surface area contributed by atoms with E-state index in [1.807, 2.05) is 48.5 Å². The number of nitrogens with two attached hydrogens (primary N) is 2. The second-order valence-corrected chi connectivity index (χ2v) is 15.7. The molecule has 7 N–H and O–H groups in total. The van der Waals surface area contributed by atoms with Crippen LogP contribution in [0.25, 0.3) is 16.7 Å². The number of allylic oxidation sites excluding steroid dienone is 1. The predicted octanol–water partition coefficient (Wildman–Crippen LogP) is 6.46. The van der Waals surface area contributed by atoms with E-state index < -0.39 is 18.1 Å². The molecule has 4 aromatic rings. The lowest BCUT2D eigenvalue weighted by Gasteiger charge is -2.32. The fraction of sp³-hybridized carbons (Fsp3) is 0.341. The van der Waals surface area contributed by atoms with Crippen LogP contribution in [0.15, 0.2) is 107 Å². The van der Waals surface area contributed by atoms with Gasteiger partial charge in [-0.05, 0) is 103 Å². The first-order valence-corrected chi connectivity index (χ1v) is 20.4. The van der Waals surface area contributed by atoms with Crippen molar-refractivity contribution in [1.29, 1.82) is 0 Å². The third-order valence-corrected chi connectivity index (χ3v) is 12.2. The number of carbonyl (C=O) groups is 3. The molecular weight excluding hydrogens is 728 g/mol. The first-order chi connectivity index (χ1) is 26.8. The van der Waals surface area contributed by atoms with Gasteiger partial charge < -0.3 is 32.3 Å². The highest BCUT2D eigenvalue weighted by Gasteiger charge is 2.35. The van der Waals surface area contributed by atoms with E-state index in [2.05, 4.69) is 64.5 Å². The van der Waals surface area contributed by atoms with Gasteiger partial charge in [0.15, 0.2) is 0 Å². The number of hydrogen-bond donors (Lipinski definition) is 5. The summed E-state index contributed by atoms with van der Waals surface area (Å²) in [6.07, 6.45) is 6.07. The van der Waals surface area contributed by atoms with Gasteiger partial charge >= 0.3 is 0 Å². The zero-order valence-electron chi connectivity index (χ0n) is 31.4. The Morgan fingerprint density at radius 2 is 1.51 bits per heavy atom. The molecule has 3 amide bonds. The molecule has 3 atom stereocenters. The van der Waals surface area contributed by atoms with Gasteiger partial charge in [-0.25, -0.2) is 0 Å². The number of likely N-dealkylation sites (N-methyl/N-ethyl adjacent to an activating group) is 1. The molecule has 0 aromatic heterocycles. The maximum Gasteiger partial charge on any atom is 0.245 e. The Morgan fingerprint density at radius 1 is 0.764 bits per heavy atom. The second kappa shape index (κ2) is 19.4. The molecule has 0 saturated carbocycles. The highest BCUT2D eigenvalue weighted by Crippen LogP contribution is 2.40. The van der Waals surface area contributed by atoms with Crippen LogP contribution in [0.3, 0.4) is 0 Å². The number of amides is 3. The molecular formula is C44H51ClN6O3S. The van der Waals surface area contributed by atoms with E-state index in [1.54, 1.807) is 18.8 Å². The van der Waals surface area contributed by atoms with Crippen molar-refractivity contribution >= 4 is 46.7 Å². The van der Waals surface area contributed by atoms with Crippen LogP contribution in [-0.4, -0.2) is 60.9 Å². The fourth-order valence-electron chi connectivity index (χ4n) is 7.29. The average Bonchev–Trinajstić information content (AvgIpc) is 3.62. The van der Waals surface area contributed by atoms with Gasteiger partial charge in [-0.15, -0.1) is 0 Å². The first-order valence-electron chi connectivity index (χ1n) is 19.2. The third-order valence-electron chi connectivity index (χ3n) is 10.5. The highest BCUT2D eigenvalue weighted by molar-refractivity contribution is 7.99. The van der Waals surface area contributed by atoms with Crippen LogP contribution in [0.4, 0.5) is 0 Å². The van der Waals surface area contributed by atoms with Crippen molar-refractivity contribution in [2.24, 2.45) is 11.5 Å². The molecule has 1 aliphatic carbocycles. The Balaban J connectivity index is 1.41. The van der Waals surface area contributed by atoms with Crippen LogP contribution in [-0.2, 0) is 33.9 Å². The number of hydrogen-bond acceptors (Lipinski definition) is 7. The zero-order valence-corrected chi connectivity index (χ0v) is 32.9. The quantitative estimate of drug-likeness (QED) is 0.117. The van der Waals surface area contributed by atoms with Gasteiger partial charge in [0, 0.05) is 36.3 Å². The van der Waals surface area contributed by atoms with E-state index in [-0.39, 0.29) is 24.3 Å². The molecule has 0 fully saturated rings. The van der Waals surface area contributed by atoms with Crippen LogP contribution in [0.2, 0.25) is 5.02 Å². The molecule has 4 aromatic carbocycles. The van der Waals surface area contributed by atoms with Crippen molar-refractivity contribution < 1.29 is 14.4 Å². The number of benzene rings is 4. The van der Waals surface area contributed by atoms with E-state index in [1.165, 1.54) is 10.5 Å².